The SMILES string of the molecule is CC(C)(C)COc1ccccc1[SiH2]Br. The average Bonchev–Trinajstić information content (AvgIpc) is 2.14. The van der Waals surface area contributed by atoms with Crippen LogP contribution in [0.3, 0.4) is 0 Å². The quantitative estimate of drug-likeness (QED) is 0.606. The molecule has 3 heteroatoms. The third-order valence-corrected chi connectivity index (χ3v) is 4.46. The molecule has 0 N–H and O–H groups in total. The first-order chi connectivity index (χ1) is 6.53. The molecule has 0 fully saturated rings. The first-order valence-electron chi connectivity index (χ1n) is 4.79. The molecule has 0 saturated heterocycles. The van der Waals surface area contributed by atoms with E-state index in [0.717, 1.165) is 12.4 Å². The van der Waals surface area contributed by atoms with Crippen molar-refractivity contribution in [3.8, 4) is 5.75 Å². The van der Waals surface area contributed by atoms with Gasteiger partial charge in [-0.3, -0.25) is 0 Å². The highest BCUT2D eigenvalue weighted by atomic mass is 79.9. The van der Waals surface area contributed by atoms with Gasteiger partial charge in [-0.25, -0.2) is 0 Å². The predicted molar refractivity (Wildman–Crippen MR) is 68.5 cm³/mol. The second-order valence-electron chi connectivity index (χ2n) is 4.59. The number of benzene rings is 1. The molecule has 14 heavy (non-hydrogen) atoms. The summed E-state index contributed by atoms with van der Waals surface area (Å²) in [6.45, 7) is 7.31. The Labute approximate surface area is 96.3 Å². The van der Waals surface area contributed by atoms with E-state index in [-0.39, 0.29) is 13.6 Å². The number of halogens is 1. The Morgan fingerprint density at radius 2 is 1.93 bits per heavy atom. The lowest BCUT2D eigenvalue weighted by Gasteiger charge is -2.19. The maximum Gasteiger partial charge on any atom is 0.134 e. The maximum absolute atomic E-state index is 5.80. The fourth-order valence-electron chi connectivity index (χ4n) is 1.05. The zero-order valence-corrected chi connectivity index (χ0v) is 12.0. The van der Waals surface area contributed by atoms with Gasteiger partial charge in [0.15, 0.2) is 0 Å². The summed E-state index contributed by atoms with van der Waals surface area (Å²) in [7, 11) is -0.314. The lowest BCUT2D eigenvalue weighted by Crippen LogP contribution is -2.21. The van der Waals surface area contributed by atoms with Gasteiger partial charge < -0.3 is 4.74 Å². The van der Waals surface area contributed by atoms with E-state index in [9.17, 15) is 0 Å². The van der Waals surface area contributed by atoms with E-state index in [4.69, 9.17) is 4.74 Å². The summed E-state index contributed by atoms with van der Waals surface area (Å²) >= 11 is 3.59. The highest BCUT2D eigenvalue weighted by Crippen LogP contribution is 2.16. The molecule has 0 aliphatic heterocycles. The van der Waals surface area contributed by atoms with E-state index < -0.39 is 0 Å². The molecule has 0 amide bonds. The summed E-state index contributed by atoms with van der Waals surface area (Å²) in [4.78, 5) is 0. The minimum atomic E-state index is -0.314. The van der Waals surface area contributed by atoms with Gasteiger partial charge in [0.1, 0.15) is 13.9 Å². The van der Waals surface area contributed by atoms with Crippen LogP contribution in [0, 0.1) is 5.41 Å². The van der Waals surface area contributed by atoms with Gasteiger partial charge >= 0.3 is 0 Å². The van der Waals surface area contributed by atoms with Crippen LogP contribution in [0.25, 0.3) is 0 Å². The number of hydrogen-bond donors (Lipinski definition) is 0. The maximum atomic E-state index is 5.80. The fraction of sp³-hybridized carbons (Fsp3) is 0.455. The number of para-hydroxylation sites is 1. The third kappa shape index (κ3) is 3.84. The summed E-state index contributed by atoms with van der Waals surface area (Å²) in [5, 5.41) is 1.34. The van der Waals surface area contributed by atoms with E-state index in [2.05, 4.69) is 54.3 Å². The number of rotatable bonds is 3. The van der Waals surface area contributed by atoms with Crippen molar-refractivity contribution in [3.63, 3.8) is 0 Å². The molecule has 0 bridgehead atoms. The molecule has 0 heterocycles. The molecule has 0 radical (unpaired) electrons. The van der Waals surface area contributed by atoms with Crippen molar-refractivity contribution in [2.24, 2.45) is 5.41 Å². The van der Waals surface area contributed by atoms with Gasteiger partial charge in [-0.15, -0.1) is 15.3 Å². The smallest absolute Gasteiger partial charge is 0.134 e. The van der Waals surface area contributed by atoms with E-state index in [1.165, 1.54) is 5.19 Å². The minimum Gasteiger partial charge on any atom is -0.493 e. The van der Waals surface area contributed by atoms with Crippen molar-refractivity contribution in [3.05, 3.63) is 24.3 Å². The van der Waals surface area contributed by atoms with Crippen LogP contribution in [0.5, 0.6) is 5.75 Å². The van der Waals surface area contributed by atoms with Crippen LogP contribution in [0.4, 0.5) is 0 Å². The predicted octanol–water partition coefficient (Wildman–Crippen LogP) is 2.22. The summed E-state index contributed by atoms with van der Waals surface area (Å²) in [6.07, 6.45) is 0. The van der Waals surface area contributed by atoms with Crippen LogP contribution in [0.15, 0.2) is 24.3 Å². The van der Waals surface area contributed by atoms with Gasteiger partial charge in [-0.05, 0) is 16.7 Å². The van der Waals surface area contributed by atoms with Gasteiger partial charge in [-0.1, -0.05) is 39.0 Å². The van der Waals surface area contributed by atoms with Crippen molar-refractivity contribution in [1.29, 1.82) is 0 Å². The Balaban J connectivity index is 2.67. The molecule has 78 valence electrons. The molecule has 0 atom stereocenters. The highest BCUT2D eigenvalue weighted by Gasteiger charge is 2.12. The monoisotopic (exact) mass is 272 g/mol. The standard InChI is InChI=1S/C11H17BrOSi/c1-11(2,3)8-13-9-6-4-5-7-10(9)14-12/h4-7H,8,14H2,1-3H3. The van der Waals surface area contributed by atoms with E-state index >= 15 is 0 Å². The fourth-order valence-corrected chi connectivity index (χ4v) is 3.02. The molecular weight excluding hydrogens is 256 g/mol. The lowest BCUT2D eigenvalue weighted by molar-refractivity contribution is 0.199. The molecule has 0 saturated carbocycles. The van der Waals surface area contributed by atoms with Crippen molar-refractivity contribution >= 4 is 28.6 Å². The molecule has 1 nitrogen and oxygen atoms in total. The normalized spacial score (nSPS) is 12.3. The van der Waals surface area contributed by atoms with Gasteiger partial charge in [0.25, 0.3) is 0 Å². The Morgan fingerprint density at radius 1 is 1.29 bits per heavy atom. The van der Waals surface area contributed by atoms with E-state index in [0.29, 0.717) is 0 Å². The Morgan fingerprint density at radius 3 is 2.50 bits per heavy atom. The first-order valence-corrected chi connectivity index (χ1v) is 9.40. The molecule has 0 aliphatic rings. The Kier molecular flexibility index (Phi) is 4.20. The van der Waals surface area contributed by atoms with Crippen molar-refractivity contribution in [2.45, 2.75) is 20.8 Å². The van der Waals surface area contributed by atoms with E-state index in [1.54, 1.807) is 0 Å². The van der Waals surface area contributed by atoms with Crippen LogP contribution in [-0.2, 0) is 0 Å². The third-order valence-electron chi connectivity index (χ3n) is 1.78. The molecule has 0 aromatic heterocycles. The molecule has 1 aromatic rings. The van der Waals surface area contributed by atoms with Crippen LogP contribution >= 0.6 is 15.3 Å². The van der Waals surface area contributed by atoms with Crippen LogP contribution in [0.1, 0.15) is 20.8 Å². The first kappa shape index (κ1) is 11.8. The summed E-state index contributed by atoms with van der Waals surface area (Å²) in [6, 6.07) is 8.28. The van der Waals surface area contributed by atoms with Gasteiger partial charge in [0.2, 0.25) is 0 Å². The molecule has 0 unspecified atom stereocenters. The zero-order chi connectivity index (χ0) is 10.6. The number of hydrogen-bond acceptors (Lipinski definition) is 1. The van der Waals surface area contributed by atoms with Crippen LogP contribution in [0.2, 0.25) is 0 Å². The molecule has 0 spiro atoms. The van der Waals surface area contributed by atoms with E-state index in [1.807, 2.05) is 6.07 Å². The largest absolute Gasteiger partial charge is 0.493 e. The number of ether oxygens (including phenoxy) is 1. The second-order valence-corrected chi connectivity index (χ2v) is 7.30. The lowest BCUT2D eigenvalue weighted by atomic mass is 9.99. The molecule has 1 aromatic carbocycles. The summed E-state index contributed by atoms with van der Waals surface area (Å²) in [5.41, 5.74) is 0.223. The average molecular weight is 273 g/mol. The van der Waals surface area contributed by atoms with Crippen molar-refractivity contribution < 1.29 is 4.74 Å². The Hall–Kier alpha value is -0.283. The van der Waals surface area contributed by atoms with Crippen molar-refractivity contribution in [1.82, 2.24) is 0 Å². The molecule has 1 rings (SSSR count). The Bertz CT molecular complexity index is 294. The highest BCUT2D eigenvalue weighted by molar-refractivity contribution is 9.23. The summed E-state index contributed by atoms with van der Waals surface area (Å²) in [5.74, 6) is 1.05. The van der Waals surface area contributed by atoms with Crippen LogP contribution < -0.4 is 9.92 Å². The van der Waals surface area contributed by atoms with Gasteiger partial charge in [-0.2, -0.15) is 0 Å². The molecule has 0 aliphatic carbocycles. The second kappa shape index (κ2) is 4.98. The van der Waals surface area contributed by atoms with Gasteiger partial charge in [0, 0.05) is 0 Å². The van der Waals surface area contributed by atoms with Crippen molar-refractivity contribution in [2.75, 3.05) is 6.61 Å². The van der Waals surface area contributed by atoms with Crippen LogP contribution in [-0.4, -0.2) is 14.7 Å². The minimum absolute atomic E-state index is 0.223. The topological polar surface area (TPSA) is 9.23 Å². The zero-order valence-electron chi connectivity index (χ0n) is 9.01. The molecular formula is C11H17BrOSi. The summed E-state index contributed by atoms with van der Waals surface area (Å²) < 4.78 is 5.80. The van der Waals surface area contributed by atoms with Gasteiger partial charge in [0.05, 0.1) is 6.61 Å².